The van der Waals surface area contributed by atoms with Gasteiger partial charge in [0.05, 0.1) is 55.4 Å². The Morgan fingerprint density at radius 2 is 0.855 bits per heavy atom. The van der Waals surface area contributed by atoms with Crippen LogP contribution in [0.2, 0.25) is 0 Å². The number of fused-ring (bicyclic) bond motifs is 7. The van der Waals surface area contributed by atoms with E-state index in [1.807, 2.05) is 48.5 Å². The van der Waals surface area contributed by atoms with Gasteiger partial charge < -0.3 is 19.3 Å². The van der Waals surface area contributed by atoms with Gasteiger partial charge in [0.1, 0.15) is 10.8 Å². The summed E-state index contributed by atoms with van der Waals surface area (Å²) in [6.45, 7) is 0. The second-order valence-corrected chi connectivity index (χ2v) is 16.4. The van der Waals surface area contributed by atoms with Crippen molar-refractivity contribution in [1.29, 1.82) is 0 Å². The third-order valence-corrected chi connectivity index (χ3v) is 12.8. The summed E-state index contributed by atoms with van der Waals surface area (Å²) >= 11 is 1.70. The molecule has 2 aliphatic rings. The minimum absolute atomic E-state index is 0.778. The fourth-order valence-corrected chi connectivity index (χ4v) is 9.98. The zero-order valence-electron chi connectivity index (χ0n) is 33.0. The van der Waals surface area contributed by atoms with Crippen LogP contribution in [0.25, 0.3) is 59.7 Å². The van der Waals surface area contributed by atoms with Crippen LogP contribution in [0.15, 0.2) is 200 Å². The first kappa shape index (κ1) is 34.6. The number of benzene rings is 9. The summed E-state index contributed by atoms with van der Waals surface area (Å²) in [6.07, 6.45) is 0. The van der Waals surface area contributed by atoms with Gasteiger partial charge in [0, 0.05) is 27.6 Å². The quantitative estimate of drug-likeness (QED) is 0.172. The average Bonchev–Trinajstić information content (AvgIpc) is 3.95. The van der Waals surface area contributed by atoms with Crippen LogP contribution < -0.4 is 19.3 Å². The molecule has 0 spiro atoms. The predicted octanol–water partition coefficient (Wildman–Crippen LogP) is 15.3. The lowest BCUT2D eigenvalue weighted by Crippen LogP contribution is -2.18. The third kappa shape index (κ3) is 5.37. The van der Waals surface area contributed by atoms with E-state index in [4.69, 9.17) is 19.4 Å². The molecule has 4 heterocycles. The summed E-state index contributed by atoms with van der Waals surface area (Å²) in [5.41, 5.74) is 11.6. The van der Waals surface area contributed by atoms with Gasteiger partial charge in [-0.25, -0.2) is 9.97 Å². The molecule has 13 rings (SSSR count). The summed E-state index contributed by atoms with van der Waals surface area (Å²) in [4.78, 5) is 15.4. The normalized spacial score (nSPS) is 12.7. The number of hydrogen-bond acceptors (Lipinski definition) is 7. The van der Waals surface area contributed by atoms with E-state index in [1.165, 1.54) is 0 Å². The maximum absolute atomic E-state index is 6.61. The lowest BCUT2D eigenvalue weighted by molar-refractivity contribution is 0.477. The summed E-state index contributed by atoms with van der Waals surface area (Å²) in [5, 5.41) is 3.01. The average molecular weight is 816 g/mol. The van der Waals surface area contributed by atoms with E-state index in [0.717, 1.165) is 117 Å². The van der Waals surface area contributed by atoms with Crippen molar-refractivity contribution in [3.63, 3.8) is 0 Å². The molecule has 9 aromatic carbocycles. The van der Waals surface area contributed by atoms with Crippen molar-refractivity contribution in [2.24, 2.45) is 0 Å². The van der Waals surface area contributed by atoms with Crippen LogP contribution in [0, 0.1) is 0 Å². The summed E-state index contributed by atoms with van der Waals surface area (Å²) < 4.78 is 16.6. The van der Waals surface area contributed by atoms with Crippen molar-refractivity contribution in [2.45, 2.75) is 0 Å². The monoisotopic (exact) mass is 815 g/mol. The van der Waals surface area contributed by atoms with Gasteiger partial charge in [-0.15, -0.1) is 11.3 Å². The van der Waals surface area contributed by atoms with Crippen LogP contribution in [0.4, 0.5) is 34.1 Å². The number of nitrogens with zero attached hydrogens (tertiary/aromatic N) is 5. The molecule has 0 fully saturated rings. The molecule has 0 radical (unpaired) electrons. The van der Waals surface area contributed by atoms with E-state index in [2.05, 4.69) is 166 Å². The number of hydrogen-bond donors (Lipinski definition) is 0. The van der Waals surface area contributed by atoms with Crippen LogP contribution in [-0.2, 0) is 0 Å². The Morgan fingerprint density at radius 3 is 1.44 bits per heavy atom. The fourth-order valence-electron chi connectivity index (χ4n) is 9.03. The van der Waals surface area contributed by atoms with Crippen molar-refractivity contribution >= 4 is 77.5 Å². The first-order chi connectivity index (χ1) is 30.7. The number of aromatic nitrogens is 3. The fraction of sp³-hybridized carbons (Fsp3) is 0. The Labute approximate surface area is 360 Å². The van der Waals surface area contributed by atoms with E-state index in [9.17, 15) is 0 Å². The van der Waals surface area contributed by atoms with Gasteiger partial charge in [-0.05, 0) is 109 Å². The number of para-hydroxylation sites is 12. The molecule has 0 saturated carbocycles. The van der Waals surface area contributed by atoms with E-state index >= 15 is 0 Å². The Morgan fingerprint density at radius 1 is 0.387 bits per heavy atom. The van der Waals surface area contributed by atoms with Crippen molar-refractivity contribution in [2.75, 3.05) is 9.80 Å². The van der Waals surface area contributed by atoms with E-state index in [1.54, 1.807) is 11.3 Å². The molecular weight excluding hydrogens is 783 g/mol. The molecule has 2 aromatic heterocycles. The highest BCUT2D eigenvalue weighted by Gasteiger charge is 2.32. The highest BCUT2D eigenvalue weighted by Crippen LogP contribution is 2.56. The number of imidazole rings is 1. The number of anilines is 6. The first-order valence-corrected chi connectivity index (χ1v) is 21.4. The highest BCUT2D eigenvalue weighted by atomic mass is 32.1. The van der Waals surface area contributed by atoms with Crippen LogP contribution >= 0.6 is 11.3 Å². The molecule has 0 unspecified atom stereocenters. The molecule has 0 atom stereocenters. The first-order valence-electron chi connectivity index (χ1n) is 20.6. The standard InChI is InChI=1S/C54H33N5O2S/c1-2-16-36(17-3-1)57-41-20-6-4-18-39(41)55-53(57)34-30-37-38(46(32-34)58-42-21-7-11-25-48(42)60-49-26-12-8-22-43(49)58)31-35(54-56-40-19-5-15-29-52(40)62-54)33-47(37)59-44-23-9-13-27-50(44)61-51-28-14-10-24-45(51)59/h1-33H. The Hall–Kier alpha value is -8.20. The molecule has 0 saturated heterocycles. The summed E-state index contributed by atoms with van der Waals surface area (Å²) in [6, 6.07) is 69.5. The number of rotatable bonds is 5. The lowest BCUT2D eigenvalue weighted by Gasteiger charge is -2.36. The molecule has 0 N–H and O–H groups in total. The molecule has 292 valence electrons. The van der Waals surface area contributed by atoms with E-state index < -0.39 is 0 Å². The zero-order valence-corrected chi connectivity index (χ0v) is 33.8. The SMILES string of the molecule is c1ccc(-n2c(-c3cc(N4c5ccccc5Oc5ccccc54)c4cc(-c5nc6ccccc6s5)cc(N5c6ccccc6Oc6ccccc65)c4c3)nc3ccccc32)cc1. The summed E-state index contributed by atoms with van der Waals surface area (Å²) in [7, 11) is 0. The number of ether oxygens (including phenoxy) is 2. The molecular formula is C54H33N5O2S. The molecule has 62 heavy (non-hydrogen) atoms. The van der Waals surface area contributed by atoms with Crippen molar-refractivity contribution < 1.29 is 9.47 Å². The van der Waals surface area contributed by atoms with Gasteiger partial charge in [0.15, 0.2) is 23.0 Å². The molecule has 0 aliphatic carbocycles. The van der Waals surface area contributed by atoms with Gasteiger partial charge in [0.25, 0.3) is 0 Å². The zero-order chi connectivity index (χ0) is 40.7. The van der Waals surface area contributed by atoms with Crippen molar-refractivity contribution in [3.8, 4) is 50.6 Å². The maximum atomic E-state index is 6.61. The topological polar surface area (TPSA) is 55.7 Å². The van der Waals surface area contributed by atoms with Gasteiger partial charge >= 0.3 is 0 Å². The largest absolute Gasteiger partial charge is 0.453 e. The maximum Gasteiger partial charge on any atom is 0.151 e. The van der Waals surface area contributed by atoms with Crippen LogP contribution in [0.1, 0.15) is 0 Å². The molecule has 7 nitrogen and oxygen atoms in total. The van der Waals surface area contributed by atoms with Gasteiger partial charge in [-0.3, -0.25) is 4.57 Å². The Kier molecular flexibility index (Phi) is 7.64. The summed E-state index contributed by atoms with van der Waals surface area (Å²) in [5.74, 6) is 3.95. The van der Waals surface area contributed by atoms with Gasteiger partial charge in [-0.2, -0.15) is 0 Å². The highest BCUT2D eigenvalue weighted by molar-refractivity contribution is 7.21. The second kappa shape index (κ2) is 13.7. The predicted molar refractivity (Wildman–Crippen MR) is 252 cm³/mol. The van der Waals surface area contributed by atoms with E-state index in [-0.39, 0.29) is 0 Å². The van der Waals surface area contributed by atoms with Crippen LogP contribution in [0.3, 0.4) is 0 Å². The molecule has 0 bridgehead atoms. The molecule has 11 aromatic rings. The smallest absolute Gasteiger partial charge is 0.151 e. The molecule has 8 heteroatoms. The lowest BCUT2D eigenvalue weighted by atomic mass is 9.96. The van der Waals surface area contributed by atoms with E-state index in [0.29, 0.717) is 0 Å². The minimum Gasteiger partial charge on any atom is -0.453 e. The van der Waals surface area contributed by atoms with Crippen LogP contribution in [0.5, 0.6) is 23.0 Å². The minimum atomic E-state index is 0.778. The Bertz CT molecular complexity index is 3450. The Balaban J connectivity index is 1.20. The molecule has 2 aliphatic heterocycles. The van der Waals surface area contributed by atoms with Crippen LogP contribution in [-0.4, -0.2) is 14.5 Å². The van der Waals surface area contributed by atoms with Gasteiger partial charge in [-0.1, -0.05) is 91.0 Å². The number of thiazole rings is 1. The van der Waals surface area contributed by atoms with Crippen molar-refractivity contribution in [1.82, 2.24) is 14.5 Å². The van der Waals surface area contributed by atoms with Gasteiger partial charge in [0.2, 0.25) is 0 Å². The second-order valence-electron chi connectivity index (χ2n) is 15.4. The van der Waals surface area contributed by atoms with Crippen molar-refractivity contribution in [3.05, 3.63) is 200 Å². The molecule has 0 amide bonds. The third-order valence-electron chi connectivity index (χ3n) is 11.7.